The van der Waals surface area contributed by atoms with Crippen LogP contribution < -0.4 is 0 Å². The first kappa shape index (κ1) is 19.1. The number of Topliss-reactive ketones (excluding diaryl/α,β-unsaturated/α-hetero) is 1. The number of rotatable bonds is 6. The number of hydrogen-bond acceptors (Lipinski definition) is 4. The van der Waals surface area contributed by atoms with Gasteiger partial charge in [0.1, 0.15) is 23.5 Å². The molecular weight excluding hydrogens is 332 g/mol. The molecule has 1 aromatic carbocycles. The number of carbonyl (C=O) groups excluding carboxylic acids is 1. The molecule has 25 heavy (non-hydrogen) atoms. The molecule has 0 amide bonds. The number of carboxylic acids is 1. The highest BCUT2D eigenvalue weighted by Gasteiger charge is 2.27. The number of hydrogen-bond donors (Lipinski definition) is 1. The van der Waals surface area contributed by atoms with E-state index in [1.54, 1.807) is 6.92 Å². The number of carbonyl (C=O) groups is 2. The minimum absolute atomic E-state index is 0.118. The van der Waals surface area contributed by atoms with E-state index in [2.05, 4.69) is 4.90 Å². The lowest BCUT2D eigenvalue weighted by molar-refractivity contribution is -0.132. The fourth-order valence-electron chi connectivity index (χ4n) is 2.88. The molecule has 2 rings (SSSR count). The third-order valence-electron chi connectivity index (χ3n) is 4.33. The summed E-state index contributed by atoms with van der Waals surface area (Å²) in [5, 5.41) is 9.09. The Balaban J connectivity index is 2.32. The van der Waals surface area contributed by atoms with E-state index < -0.39 is 34.5 Å². The van der Waals surface area contributed by atoms with E-state index in [1.165, 1.54) is 0 Å². The Bertz CT molecular complexity index is 695. The Labute approximate surface area is 144 Å². The third-order valence-corrected chi connectivity index (χ3v) is 4.33. The number of halogens is 2. The van der Waals surface area contributed by atoms with Gasteiger partial charge in [-0.25, -0.2) is 13.6 Å². The maximum atomic E-state index is 14.5. The SMILES string of the molecule is CCO/C=C(/C(=O)O)C(=O)c1cc(F)c(C2CCN(C)CC2)cc1F. The predicted octanol–water partition coefficient (Wildman–Crippen LogP) is 2.96. The summed E-state index contributed by atoms with van der Waals surface area (Å²) in [5.74, 6) is -4.41. The van der Waals surface area contributed by atoms with E-state index in [-0.39, 0.29) is 18.1 Å². The number of nitrogens with zero attached hydrogens (tertiary/aromatic N) is 1. The van der Waals surface area contributed by atoms with Crippen LogP contribution in [0, 0.1) is 11.6 Å². The predicted molar refractivity (Wildman–Crippen MR) is 87.5 cm³/mol. The molecule has 0 spiro atoms. The van der Waals surface area contributed by atoms with Crippen LogP contribution >= 0.6 is 0 Å². The van der Waals surface area contributed by atoms with Gasteiger partial charge >= 0.3 is 5.97 Å². The molecule has 1 N–H and O–H groups in total. The number of ketones is 1. The molecule has 0 unspecified atom stereocenters. The molecule has 0 atom stereocenters. The van der Waals surface area contributed by atoms with E-state index in [1.807, 2.05) is 7.05 Å². The van der Waals surface area contributed by atoms with Crippen LogP contribution in [0.5, 0.6) is 0 Å². The fraction of sp³-hybridized carbons (Fsp3) is 0.444. The molecule has 1 aliphatic rings. The Morgan fingerprint density at radius 3 is 2.48 bits per heavy atom. The monoisotopic (exact) mass is 353 g/mol. The van der Waals surface area contributed by atoms with Gasteiger partial charge in [0.2, 0.25) is 5.78 Å². The van der Waals surface area contributed by atoms with Gasteiger partial charge in [-0.05, 0) is 63.5 Å². The molecule has 0 radical (unpaired) electrons. The molecule has 1 fully saturated rings. The smallest absolute Gasteiger partial charge is 0.342 e. The van der Waals surface area contributed by atoms with Crippen molar-refractivity contribution in [2.45, 2.75) is 25.7 Å². The Morgan fingerprint density at radius 2 is 1.92 bits per heavy atom. The number of carboxylic acid groups (broad SMARTS) is 1. The van der Waals surface area contributed by atoms with Crippen molar-refractivity contribution in [3.05, 3.63) is 46.7 Å². The number of ether oxygens (including phenoxy) is 1. The average Bonchev–Trinajstić information content (AvgIpc) is 2.57. The first-order chi connectivity index (χ1) is 11.8. The highest BCUT2D eigenvalue weighted by atomic mass is 19.1. The van der Waals surface area contributed by atoms with Crippen molar-refractivity contribution in [2.24, 2.45) is 0 Å². The van der Waals surface area contributed by atoms with Gasteiger partial charge in [-0.2, -0.15) is 0 Å². The second-order valence-corrected chi connectivity index (χ2v) is 6.05. The molecule has 1 aromatic rings. The molecular formula is C18H21F2NO4. The number of piperidine rings is 1. The van der Waals surface area contributed by atoms with Gasteiger partial charge in [-0.15, -0.1) is 0 Å². The van der Waals surface area contributed by atoms with E-state index in [0.29, 0.717) is 12.8 Å². The second kappa shape index (κ2) is 8.20. The molecule has 0 saturated carbocycles. The summed E-state index contributed by atoms with van der Waals surface area (Å²) in [5.41, 5.74) is -1.12. The van der Waals surface area contributed by atoms with E-state index in [9.17, 15) is 18.4 Å². The lowest BCUT2D eigenvalue weighted by atomic mass is 9.88. The van der Waals surface area contributed by atoms with Gasteiger partial charge in [0.15, 0.2) is 0 Å². The van der Waals surface area contributed by atoms with Crippen LogP contribution in [0.1, 0.15) is 41.6 Å². The van der Waals surface area contributed by atoms with Crippen LogP contribution in [-0.4, -0.2) is 48.5 Å². The molecule has 0 aliphatic carbocycles. The third kappa shape index (κ3) is 4.42. The van der Waals surface area contributed by atoms with Gasteiger partial charge < -0.3 is 14.7 Å². The molecule has 7 heteroatoms. The second-order valence-electron chi connectivity index (χ2n) is 6.05. The van der Waals surface area contributed by atoms with E-state index in [4.69, 9.17) is 9.84 Å². The standard InChI is InChI=1S/C18H21F2NO4/c1-3-25-10-14(18(23)24)17(22)13-9-15(19)12(8-16(13)20)11-4-6-21(2)7-5-11/h8-11H,3-7H2,1-2H3,(H,23,24)/b14-10+. The van der Waals surface area contributed by atoms with Gasteiger partial charge in [-0.1, -0.05) is 0 Å². The van der Waals surface area contributed by atoms with Crippen molar-refractivity contribution in [3.8, 4) is 0 Å². The summed E-state index contributed by atoms with van der Waals surface area (Å²) < 4.78 is 33.7. The van der Waals surface area contributed by atoms with Gasteiger partial charge in [0.05, 0.1) is 12.2 Å². The lowest BCUT2D eigenvalue weighted by Crippen LogP contribution is -2.29. The van der Waals surface area contributed by atoms with Crippen molar-refractivity contribution >= 4 is 11.8 Å². The van der Waals surface area contributed by atoms with Gasteiger partial charge in [0, 0.05) is 0 Å². The molecule has 0 bridgehead atoms. The summed E-state index contributed by atoms with van der Waals surface area (Å²) in [7, 11) is 1.97. The van der Waals surface area contributed by atoms with Crippen LogP contribution in [-0.2, 0) is 9.53 Å². The zero-order valence-electron chi connectivity index (χ0n) is 14.2. The summed E-state index contributed by atoms with van der Waals surface area (Å²) in [4.78, 5) is 25.5. The zero-order valence-corrected chi connectivity index (χ0v) is 14.2. The van der Waals surface area contributed by atoms with Crippen molar-refractivity contribution in [1.29, 1.82) is 0 Å². The van der Waals surface area contributed by atoms with Crippen molar-refractivity contribution in [1.82, 2.24) is 4.90 Å². The molecule has 0 aromatic heterocycles. The van der Waals surface area contributed by atoms with E-state index in [0.717, 1.165) is 31.5 Å². The minimum atomic E-state index is -1.56. The Hall–Kier alpha value is -2.28. The number of likely N-dealkylation sites (tertiary alicyclic amines) is 1. The fourth-order valence-corrected chi connectivity index (χ4v) is 2.88. The molecule has 1 saturated heterocycles. The molecule has 5 nitrogen and oxygen atoms in total. The van der Waals surface area contributed by atoms with Crippen molar-refractivity contribution < 1.29 is 28.2 Å². The lowest BCUT2D eigenvalue weighted by Gasteiger charge is -2.29. The highest BCUT2D eigenvalue weighted by molar-refractivity contribution is 6.23. The number of aliphatic carboxylic acids is 1. The van der Waals surface area contributed by atoms with E-state index >= 15 is 0 Å². The maximum absolute atomic E-state index is 14.5. The topological polar surface area (TPSA) is 66.8 Å². The summed E-state index contributed by atoms with van der Waals surface area (Å²) >= 11 is 0. The Morgan fingerprint density at radius 1 is 1.28 bits per heavy atom. The highest BCUT2D eigenvalue weighted by Crippen LogP contribution is 2.31. The summed E-state index contributed by atoms with van der Waals surface area (Å²) in [6.07, 6.45) is 2.16. The summed E-state index contributed by atoms with van der Waals surface area (Å²) in [6, 6.07) is 1.80. The normalized spacial score (nSPS) is 16.7. The first-order valence-corrected chi connectivity index (χ1v) is 8.12. The van der Waals surface area contributed by atoms with Crippen LogP contribution in [0.25, 0.3) is 0 Å². The minimum Gasteiger partial charge on any atom is -0.500 e. The zero-order chi connectivity index (χ0) is 18.6. The van der Waals surface area contributed by atoms with Crippen LogP contribution in [0.4, 0.5) is 8.78 Å². The van der Waals surface area contributed by atoms with Crippen LogP contribution in [0.2, 0.25) is 0 Å². The quantitative estimate of drug-likeness (QED) is 0.280. The van der Waals surface area contributed by atoms with Crippen molar-refractivity contribution in [2.75, 3.05) is 26.7 Å². The average molecular weight is 353 g/mol. The summed E-state index contributed by atoms with van der Waals surface area (Å²) in [6.45, 7) is 3.33. The first-order valence-electron chi connectivity index (χ1n) is 8.12. The Kier molecular flexibility index (Phi) is 6.25. The molecule has 1 aliphatic heterocycles. The van der Waals surface area contributed by atoms with Crippen LogP contribution in [0.3, 0.4) is 0 Å². The largest absolute Gasteiger partial charge is 0.500 e. The van der Waals surface area contributed by atoms with Crippen LogP contribution in [0.15, 0.2) is 24.0 Å². The molecule has 1 heterocycles. The van der Waals surface area contributed by atoms with Gasteiger partial charge in [0.25, 0.3) is 0 Å². The van der Waals surface area contributed by atoms with Gasteiger partial charge in [-0.3, -0.25) is 4.79 Å². The number of benzene rings is 1. The van der Waals surface area contributed by atoms with Crippen molar-refractivity contribution in [3.63, 3.8) is 0 Å². The maximum Gasteiger partial charge on any atom is 0.342 e. The molecule has 136 valence electrons.